The summed E-state index contributed by atoms with van der Waals surface area (Å²) in [5, 5.41) is 24.5. The Kier molecular flexibility index (Phi) is 6.15. The average molecular weight is 410 g/mol. The van der Waals surface area contributed by atoms with Crippen molar-refractivity contribution in [1.29, 1.82) is 0 Å². The number of rotatable bonds is 7. The molecule has 3 rings (SSSR count). The number of non-ortho nitro benzene ring substituents is 2. The Labute approximate surface area is 169 Å². The van der Waals surface area contributed by atoms with Gasteiger partial charge in [0.1, 0.15) is 0 Å². The summed E-state index contributed by atoms with van der Waals surface area (Å²) in [6.45, 7) is 0. The van der Waals surface area contributed by atoms with Gasteiger partial charge >= 0.3 is 0 Å². The summed E-state index contributed by atoms with van der Waals surface area (Å²) in [5.41, 5.74) is 0.343. The van der Waals surface area contributed by atoms with Crippen LogP contribution in [0, 0.1) is 20.2 Å². The Morgan fingerprint density at radius 2 is 1.66 bits per heavy atom. The van der Waals surface area contributed by atoms with Gasteiger partial charge < -0.3 is 5.32 Å². The molecule has 2 aromatic carbocycles. The maximum absolute atomic E-state index is 12.4. The molecule has 0 saturated carbocycles. The fourth-order valence-electron chi connectivity index (χ4n) is 2.43. The minimum Gasteiger partial charge on any atom is -0.322 e. The molecule has 3 aromatic rings. The van der Waals surface area contributed by atoms with E-state index in [2.05, 4.69) is 10.3 Å². The number of hydrogen-bond donors (Lipinski definition) is 1. The van der Waals surface area contributed by atoms with E-state index in [4.69, 9.17) is 0 Å². The van der Waals surface area contributed by atoms with Crippen molar-refractivity contribution in [2.75, 3.05) is 5.32 Å². The van der Waals surface area contributed by atoms with Crippen LogP contribution in [0.15, 0.2) is 71.9 Å². The van der Waals surface area contributed by atoms with Crippen LogP contribution >= 0.6 is 11.8 Å². The maximum Gasteiger partial charge on any atom is 0.277 e. The molecule has 1 N–H and O–H groups in total. The highest BCUT2D eigenvalue weighted by atomic mass is 32.2. The highest BCUT2D eigenvalue weighted by Crippen LogP contribution is 2.26. The first-order valence-electron chi connectivity index (χ1n) is 8.29. The third kappa shape index (κ3) is 5.36. The number of nitrogens with zero attached hydrogens (tertiary/aromatic N) is 3. The first-order valence-corrected chi connectivity index (χ1v) is 9.28. The second-order valence-corrected chi connectivity index (χ2v) is 6.93. The number of pyridine rings is 1. The summed E-state index contributed by atoms with van der Waals surface area (Å²) in [5.74, 6) is 0.0734. The lowest BCUT2D eigenvalue weighted by Gasteiger charge is -2.07. The van der Waals surface area contributed by atoms with Gasteiger partial charge in [0.05, 0.1) is 21.5 Å². The summed E-state index contributed by atoms with van der Waals surface area (Å²) in [6.07, 6.45) is 3.50. The van der Waals surface area contributed by atoms with Crippen molar-refractivity contribution in [3.8, 4) is 0 Å². The molecule has 0 saturated heterocycles. The van der Waals surface area contributed by atoms with Gasteiger partial charge in [0, 0.05) is 40.9 Å². The number of amides is 1. The van der Waals surface area contributed by atoms with Gasteiger partial charge in [0.25, 0.3) is 17.3 Å². The van der Waals surface area contributed by atoms with Crippen LogP contribution < -0.4 is 5.32 Å². The Bertz CT molecular complexity index is 1030. The average Bonchev–Trinajstić information content (AvgIpc) is 2.73. The highest BCUT2D eigenvalue weighted by molar-refractivity contribution is 7.98. The van der Waals surface area contributed by atoms with E-state index in [-0.39, 0.29) is 5.56 Å². The molecule has 0 fully saturated rings. The Morgan fingerprint density at radius 3 is 2.21 bits per heavy atom. The number of carbonyl (C=O) groups is 1. The van der Waals surface area contributed by atoms with Crippen molar-refractivity contribution in [1.82, 2.24) is 4.98 Å². The number of carbonyl (C=O) groups excluding carboxylic acids is 1. The van der Waals surface area contributed by atoms with Crippen molar-refractivity contribution in [2.45, 2.75) is 10.6 Å². The number of nitrogens with one attached hydrogen (secondary N) is 1. The van der Waals surface area contributed by atoms with Gasteiger partial charge in [0.2, 0.25) is 0 Å². The minimum atomic E-state index is -0.780. The van der Waals surface area contributed by atoms with Crippen LogP contribution in [0.1, 0.15) is 15.9 Å². The molecule has 0 aliphatic rings. The Balaban J connectivity index is 1.69. The lowest BCUT2D eigenvalue weighted by Crippen LogP contribution is -2.12. The van der Waals surface area contributed by atoms with Crippen LogP contribution in [0.3, 0.4) is 0 Å². The molecule has 9 nitrogen and oxygen atoms in total. The molecule has 146 valence electrons. The molecule has 0 aliphatic heterocycles. The van der Waals surface area contributed by atoms with Crippen LogP contribution in [0.25, 0.3) is 0 Å². The summed E-state index contributed by atoms with van der Waals surface area (Å²) in [7, 11) is 0. The van der Waals surface area contributed by atoms with Gasteiger partial charge in [-0.15, -0.1) is 11.8 Å². The van der Waals surface area contributed by atoms with Crippen molar-refractivity contribution >= 4 is 34.7 Å². The third-order valence-corrected chi connectivity index (χ3v) is 4.91. The van der Waals surface area contributed by atoms with Gasteiger partial charge in [-0.1, -0.05) is 6.07 Å². The van der Waals surface area contributed by atoms with Crippen molar-refractivity contribution < 1.29 is 14.6 Å². The predicted octanol–water partition coefficient (Wildman–Crippen LogP) is 4.44. The Morgan fingerprint density at radius 1 is 1.00 bits per heavy atom. The molecule has 0 atom stereocenters. The number of benzene rings is 2. The molecule has 0 unspecified atom stereocenters. The molecule has 1 amide bonds. The zero-order valence-electron chi connectivity index (χ0n) is 14.8. The normalized spacial score (nSPS) is 10.3. The van der Waals surface area contributed by atoms with Crippen molar-refractivity contribution in [2.24, 2.45) is 0 Å². The largest absolute Gasteiger partial charge is 0.322 e. The molecule has 0 spiro atoms. The van der Waals surface area contributed by atoms with Gasteiger partial charge in [-0.25, -0.2) is 0 Å². The number of nitro groups is 2. The predicted molar refractivity (Wildman–Crippen MR) is 108 cm³/mol. The summed E-state index contributed by atoms with van der Waals surface area (Å²) in [4.78, 5) is 37.8. The third-order valence-electron chi connectivity index (χ3n) is 3.83. The van der Waals surface area contributed by atoms with Crippen LogP contribution in [-0.4, -0.2) is 20.7 Å². The van der Waals surface area contributed by atoms with E-state index in [0.717, 1.165) is 34.4 Å². The van der Waals surface area contributed by atoms with Gasteiger partial charge in [-0.2, -0.15) is 0 Å². The first-order chi connectivity index (χ1) is 13.9. The fourth-order valence-corrected chi connectivity index (χ4v) is 3.26. The number of thioether (sulfide) groups is 1. The van der Waals surface area contributed by atoms with E-state index in [1.807, 2.05) is 24.3 Å². The van der Waals surface area contributed by atoms with E-state index in [9.17, 15) is 25.0 Å². The van der Waals surface area contributed by atoms with E-state index >= 15 is 0 Å². The number of hydrogen-bond acceptors (Lipinski definition) is 7. The quantitative estimate of drug-likeness (QED) is 0.346. The van der Waals surface area contributed by atoms with Crippen molar-refractivity contribution in [3.63, 3.8) is 0 Å². The van der Waals surface area contributed by atoms with E-state index in [1.165, 1.54) is 0 Å². The van der Waals surface area contributed by atoms with E-state index in [1.54, 1.807) is 36.3 Å². The van der Waals surface area contributed by atoms with Crippen LogP contribution in [0.2, 0.25) is 0 Å². The van der Waals surface area contributed by atoms with E-state index in [0.29, 0.717) is 5.69 Å². The van der Waals surface area contributed by atoms with Crippen LogP contribution in [-0.2, 0) is 5.75 Å². The first kappa shape index (κ1) is 20.0. The number of anilines is 1. The smallest absolute Gasteiger partial charge is 0.277 e. The zero-order chi connectivity index (χ0) is 20.8. The Hall–Kier alpha value is -3.79. The van der Waals surface area contributed by atoms with Gasteiger partial charge in [-0.3, -0.25) is 30.0 Å². The fraction of sp³-hybridized carbons (Fsp3) is 0.0526. The molecule has 0 bridgehead atoms. The molecule has 0 radical (unpaired) electrons. The second-order valence-electron chi connectivity index (χ2n) is 5.88. The zero-order valence-corrected chi connectivity index (χ0v) is 15.7. The van der Waals surface area contributed by atoms with Gasteiger partial charge in [0.15, 0.2) is 0 Å². The SMILES string of the molecule is O=C(Nc1ccc(SCc2cccnc2)cc1)c1cc([N+](=O)[O-])cc([N+](=O)[O-])c1. The highest BCUT2D eigenvalue weighted by Gasteiger charge is 2.20. The minimum absolute atomic E-state index is 0.166. The summed E-state index contributed by atoms with van der Waals surface area (Å²) < 4.78 is 0. The van der Waals surface area contributed by atoms with Crippen molar-refractivity contribution in [3.05, 3.63) is 98.3 Å². The molecular weight excluding hydrogens is 396 g/mol. The monoisotopic (exact) mass is 410 g/mol. The molecule has 10 heteroatoms. The molecular formula is C19H14N4O5S. The molecule has 1 aromatic heterocycles. The van der Waals surface area contributed by atoms with Gasteiger partial charge in [-0.05, 0) is 35.9 Å². The maximum atomic E-state index is 12.4. The van der Waals surface area contributed by atoms with E-state index < -0.39 is 27.1 Å². The topological polar surface area (TPSA) is 128 Å². The number of nitro benzene ring substituents is 2. The second kappa shape index (κ2) is 8.93. The molecule has 1 heterocycles. The molecule has 0 aliphatic carbocycles. The van der Waals surface area contributed by atoms with Crippen LogP contribution in [0.4, 0.5) is 17.1 Å². The lowest BCUT2D eigenvalue weighted by molar-refractivity contribution is -0.394. The van der Waals surface area contributed by atoms with Crippen LogP contribution in [0.5, 0.6) is 0 Å². The lowest BCUT2D eigenvalue weighted by atomic mass is 10.1. The number of aromatic nitrogens is 1. The summed E-state index contributed by atoms with van der Waals surface area (Å²) in [6, 6.07) is 13.7. The standard InChI is InChI=1S/C19H14N4O5S/c24-19(14-8-16(22(25)26)10-17(9-14)23(27)28)21-15-3-5-18(6-4-15)29-12-13-2-1-7-20-11-13/h1-11H,12H2,(H,21,24). The molecule has 29 heavy (non-hydrogen) atoms. The summed E-state index contributed by atoms with van der Waals surface area (Å²) >= 11 is 1.61.